The van der Waals surface area contributed by atoms with Crippen molar-refractivity contribution in [3.05, 3.63) is 87.5 Å². The number of hydrogen-bond acceptors (Lipinski definition) is 6. The lowest BCUT2D eigenvalue weighted by Gasteiger charge is -2.21. The van der Waals surface area contributed by atoms with Gasteiger partial charge in [-0.2, -0.15) is 0 Å². The van der Waals surface area contributed by atoms with Gasteiger partial charge in [0.1, 0.15) is 17.2 Å². The van der Waals surface area contributed by atoms with Crippen molar-refractivity contribution in [3.8, 4) is 0 Å². The van der Waals surface area contributed by atoms with Gasteiger partial charge in [-0.25, -0.2) is 4.39 Å². The summed E-state index contributed by atoms with van der Waals surface area (Å²) in [5.74, 6) is -0.433. The van der Waals surface area contributed by atoms with Gasteiger partial charge < -0.3 is 8.94 Å². The summed E-state index contributed by atoms with van der Waals surface area (Å²) in [7, 11) is 0. The molecule has 7 nitrogen and oxygen atoms in total. The molecule has 0 N–H and O–H groups in total. The molecule has 0 unspecified atom stereocenters. The lowest BCUT2D eigenvalue weighted by Crippen LogP contribution is -2.29. The number of benzene rings is 1. The van der Waals surface area contributed by atoms with Gasteiger partial charge in [0.05, 0.1) is 17.0 Å². The molecule has 1 aliphatic rings. The highest BCUT2D eigenvalue weighted by Crippen LogP contribution is 2.40. The number of aromatic nitrogens is 2. The van der Waals surface area contributed by atoms with E-state index in [0.717, 1.165) is 6.07 Å². The molecule has 5 rings (SSSR count). The van der Waals surface area contributed by atoms with Crippen molar-refractivity contribution in [2.24, 2.45) is 0 Å². The van der Waals surface area contributed by atoms with Gasteiger partial charge in [0.15, 0.2) is 11.2 Å². The van der Waals surface area contributed by atoms with Crippen molar-refractivity contribution in [3.63, 3.8) is 0 Å². The van der Waals surface area contributed by atoms with Crippen molar-refractivity contribution in [2.45, 2.75) is 13.0 Å². The van der Waals surface area contributed by atoms with Gasteiger partial charge in [-0.15, -0.1) is 0 Å². The molecule has 4 aromatic rings. The van der Waals surface area contributed by atoms with Crippen LogP contribution >= 0.6 is 0 Å². The van der Waals surface area contributed by atoms with Crippen LogP contribution in [0.4, 0.5) is 10.2 Å². The quantitative estimate of drug-likeness (QED) is 0.532. The van der Waals surface area contributed by atoms with E-state index in [1.165, 1.54) is 17.0 Å². The Kier molecular flexibility index (Phi) is 3.42. The minimum absolute atomic E-state index is 0.0682. The third kappa shape index (κ3) is 2.27. The van der Waals surface area contributed by atoms with E-state index in [4.69, 9.17) is 8.94 Å². The zero-order chi connectivity index (χ0) is 19.4. The minimum atomic E-state index is -0.815. The van der Waals surface area contributed by atoms with E-state index in [2.05, 4.69) is 10.1 Å². The largest absolute Gasteiger partial charge is 0.450 e. The Labute approximate surface area is 157 Å². The van der Waals surface area contributed by atoms with Crippen molar-refractivity contribution >= 4 is 22.7 Å². The minimum Gasteiger partial charge on any atom is -0.450 e. The third-order valence-electron chi connectivity index (χ3n) is 4.69. The van der Waals surface area contributed by atoms with Crippen LogP contribution in [0.5, 0.6) is 0 Å². The fraction of sp³-hybridized carbons (Fsp3) is 0.100. The monoisotopic (exact) mass is 377 g/mol. The highest BCUT2D eigenvalue weighted by Gasteiger charge is 2.45. The Bertz CT molecular complexity index is 1300. The smallest absolute Gasteiger partial charge is 0.296 e. The predicted molar refractivity (Wildman–Crippen MR) is 96.6 cm³/mol. The zero-order valence-corrected chi connectivity index (χ0v) is 14.5. The first-order valence-corrected chi connectivity index (χ1v) is 8.47. The van der Waals surface area contributed by atoms with Crippen LogP contribution in [-0.2, 0) is 0 Å². The Morgan fingerprint density at radius 3 is 2.75 bits per heavy atom. The first-order valence-electron chi connectivity index (χ1n) is 8.47. The van der Waals surface area contributed by atoms with Crippen LogP contribution < -0.4 is 10.3 Å². The Morgan fingerprint density at radius 2 is 2.04 bits per heavy atom. The molecule has 0 radical (unpaired) electrons. The summed E-state index contributed by atoms with van der Waals surface area (Å²) in [5.41, 5.74) is 0.386. The van der Waals surface area contributed by atoms with Crippen LogP contribution in [0, 0.1) is 12.7 Å². The maximum atomic E-state index is 13.7. The Hall–Kier alpha value is -3.81. The van der Waals surface area contributed by atoms with Crippen LogP contribution in [0.25, 0.3) is 11.0 Å². The fourth-order valence-corrected chi connectivity index (χ4v) is 3.50. The van der Waals surface area contributed by atoms with E-state index in [0.29, 0.717) is 11.3 Å². The van der Waals surface area contributed by atoms with E-state index in [1.54, 1.807) is 37.5 Å². The Balaban J connectivity index is 1.84. The summed E-state index contributed by atoms with van der Waals surface area (Å²) in [6.45, 7) is 1.70. The second-order valence-corrected chi connectivity index (χ2v) is 6.47. The second kappa shape index (κ2) is 5.85. The van der Waals surface area contributed by atoms with E-state index < -0.39 is 23.2 Å². The highest BCUT2D eigenvalue weighted by molar-refractivity contribution is 6.10. The van der Waals surface area contributed by atoms with E-state index >= 15 is 0 Å². The summed E-state index contributed by atoms with van der Waals surface area (Å²) in [4.78, 5) is 31.8. The lowest BCUT2D eigenvalue weighted by atomic mass is 10.00. The zero-order valence-electron chi connectivity index (χ0n) is 14.5. The van der Waals surface area contributed by atoms with Gasteiger partial charge in [-0.05, 0) is 36.8 Å². The molecule has 3 aromatic heterocycles. The number of anilines is 1. The first kappa shape index (κ1) is 16.4. The van der Waals surface area contributed by atoms with Crippen LogP contribution in [-0.4, -0.2) is 16.0 Å². The van der Waals surface area contributed by atoms with E-state index in [1.807, 2.05) is 0 Å². The van der Waals surface area contributed by atoms with Crippen LogP contribution in [0.3, 0.4) is 0 Å². The number of carbonyl (C=O) groups excluding carboxylic acids is 1. The summed E-state index contributed by atoms with van der Waals surface area (Å²) < 4.78 is 24.6. The molecular formula is C20H12FN3O4. The SMILES string of the molecule is Cc1cc(N2C(=O)c3oc4ccc(F)cc4c(=O)c3[C@@H]2c2cccnc2)no1. The number of carbonyl (C=O) groups is 1. The molecule has 0 aliphatic carbocycles. The number of hydrogen-bond donors (Lipinski definition) is 0. The number of fused-ring (bicyclic) bond motifs is 2. The number of amides is 1. The standard InChI is InChI=1S/C20H12FN3O4/c1-10-7-15(23-28-10)24-17(11-3-2-6-22-9-11)16-18(25)13-8-12(21)4-5-14(13)27-19(16)20(24)26/h2-9,17H,1H3/t17-/m0/s1. The number of rotatable bonds is 2. The summed E-state index contributed by atoms with van der Waals surface area (Å²) in [5, 5.41) is 3.99. The molecule has 138 valence electrons. The van der Waals surface area contributed by atoms with Gasteiger partial charge in [0, 0.05) is 18.5 Å². The lowest BCUT2D eigenvalue weighted by molar-refractivity contribution is 0.0969. The fourth-order valence-electron chi connectivity index (χ4n) is 3.50. The van der Waals surface area contributed by atoms with Crippen molar-refractivity contribution in [1.29, 1.82) is 0 Å². The second-order valence-electron chi connectivity index (χ2n) is 6.47. The molecule has 28 heavy (non-hydrogen) atoms. The highest BCUT2D eigenvalue weighted by atomic mass is 19.1. The topological polar surface area (TPSA) is 89.4 Å². The van der Waals surface area contributed by atoms with E-state index in [-0.39, 0.29) is 28.1 Å². The average Bonchev–Trinajstić information content (AvgIpc) is 3.24. The van der Waals surface area contributed by atoms with E-state index in [9.17, 15) is 14.0 Å². The average molecular weight is 377 g/mol. The van der Waals surface area contributed by atoms with Crippen molar-refractivity contribution < 1.29 is 18.1 Å². The molecule has 8 heteroatoms. The molecule has 0 fully saturated rings. The molecule has 1 aliphatic heterocycles. The normalized spacial score (nSPS) is 16.0. The van der Waals surface area contributed by atoms with Gasteiger partial charge in [-0.3, -0.25) is 19.5 Å². The molecule has 0 saturated heterocycles. The molecule has 1 atom stereocenters. The number of pyridine rings is 1. The maximum Gasteiger partial charge on any atom is 0.296 e. The van der Waals surface area contributed by atoms with Gasteiger partial charge in [0.25, 0.3) is 5.91 Å². The maximum absolute atomic E-state index is 13.7. The van der Waals surface area contributed by atoms with Gasteiger partial charge in [0.2, 0.25) is 5.76 Å². The molecule has 0 saturated carbocycles. The molecular weight excluding hydrogens is 365 g/mol. The van der Waals surface area contributed by atoms with Crippen molar-refractivity contribution in [1.82, 2.24) is 10.1 Å². The summed E-state index contributed by atoms with van der Waals surface area (Å²) in [6.07, 6.45) is 3.15. The molecule has 1 amide bonds. The third-order valence-corrected chi connectivity index (χ3v) is 4.69. The molecule has 0 spiro atoms. The van der Waals surface area contributed by atoms with Crippen molar-refractivity contribution in [2.75, 3.05) is 4.90 Å². The number of nitrogens with zero attached hydrogens (tertiary/aromatic N) is 3. The summed E-state index contributed by atoms with van der Waals surface area (Å²) >= 11 is 0. The molecule has 1 aromatic carbocycles. The van der Waals surface area contributed by atoms with Crippen LogP contribution in [0.15, 0.2) is 62.5 Å². The van der Waals surface area contributed by atoms with Crippen LogP contribution in [0.1, 0.15) is 33.5 Å². The summed E-state index contributed by atoms with van der Waals surface area (Å²) in [6, 6.07) is 7.84. The van der Waals surface area contributed by atoms with Gasteiger partial charge >= 0.3 is 0 Å². The van der Waals surface area contributed by atoms with Crippen LogP contribution in [0.2, 0.25) is 0 Å². The molecule has 4 heterocycles. The predicted octanol–water partition coefficient (Wildman–Crippen LogP) is 3.37. The number of halogens is 1. The van der Waals surface area contributed by atoms with Gasteiger partial charge in [-0.1, -0.05) is 11.2 Å². The number of aryl methyl sites for hydroxylation is 1. The Morgan fingerprint density at radius 1 is 1.18 bits per heavy atom. The first-order chi connectivity index (χ1) is 13.5. The molecule has 0 bridgehead atoms.